The quantitative estimate of drug-likeness (QED) is 0.341. The lowest BCUT2D eigenvalue weighted by atomic mass is 10.1. The molecule has 0 atom stereocenters. The van der Waals surface area contributed by atoms with E-state index in [-0.39, 0.29) is 23.8 Å². The molecule has 1 N–H and O–H groups in total. The second kappa shape index (κ2) is 10.5. The maximum atomic E-state index is 13.0. The Morgan fingerprint density at radius 3 is 2.31 bits per heavy atom. The molecule has 0 bridgehead atoms. The fraction of sp³-hybridized carbons (Fsp3) is 0.185. The number of amides is 1. The number of ether oxygens (including phenoxy) is 1. The number of pyridine rings is 1. The van der Waals surface area contributed by atoms with Gasteiger partial charge in [0.1, 0.15) is 5.75 Å². The summed E-state index contributed by atoms with van der Waals surface area (Å²) < 4.78 is 42.4. The Morgan fingerprint density at radius 1 is 0.857 bits per heavy atom. The summed E-state index contributed by atoms with van der Waals surface area (Å²) in [7, 11) is 0. The van der Waals surface area contributed by atoms with Gasteiger partial charge in [-0.05, 0) is 54.3 Å². The Morgan fingerprint density at radius 2 is 1.60 bits per heavy atom. The molecule has 0 aliphatic heterocycles. The average Bonchev–Trinajstić information content (AvgIpc) is 2.82. The van der Waals surface area contributed by atoms with E-state index in [0.717, 1.165) is 6.42 Å². The summed E-state index contributed by atoms with van der Waals surface area (Å²) in [6, 6.07) is 22.2. The molecule has 35 heavy (non-hydrogen) atoms. The summed E-state index contributed by atoms with van der Waals surface area (Å²) in [6.45, 7) is 0.178. The Bertz CT molecular complexity index is 1360. The van der Waals surface area contributed by atoms with E-state index in [1.54, 1.807) is 30.5 Å². The van der Waals surface area contributed by atoms with Crippen LogP contribution >= 0.6 is 0 Å². The summed E-state index contributed by atoms with van der Waals surface area (Å²) in [5.41, 5.74) is 2.11. The van der Waals surface area contributed by atoms with Crippen LogP contribution in [0.25, 0.3) is 10.8 Å². The van der Waals surface area contributed by atoms with Gasteiger partial charge in [-0.15, -0.1) is 13.2 Å². The van der Waals surface area contributed by atoms with Crippen molar-refractivity contribution in [2.45, 2.75) is 32.2 Å². The normalized spacial score (nSPS) is 11.4. The molecular weight excluding hydrogens is 457 g/mol. The molecule has 180 valence electrons. The number of anilines is 1. The van der Waals surface area contributed by atoms with Gasteiger partial charge in [0, 0.05) is 29.1 Å². The zero-order valence-corrected chi connectivity index (χ0v) is 18.7. The average molecular weight is 480 g/mol. The SMILES string of the molecule is O=C(CCCc1ccccc1)Nc1cccc2c(=O)n(Cc3ccc(OC(F)(F)F)cc3)ccc12. The number of alkyl halides is 3. The maximum Gasteiger partial charge on any atom is 0.573 e. The first-order valence-electron chi connectivity index (χ1n) is 11.1. The van der Waals surface area contributed by atoms with E-state index in [0.29, 0.717) is 34.9 Å². The number of rotatable bonds is 8. The molecule has 0 aliphatic carbocycles. The molecule has 0 aliphatic rings. The van der Waals surface area contributed by atoms with Crippen molar-refractivity contribution in [2.75, 3.05) is 5.32 Å². The number of hydrogen-bond acceptors (Lipinski definition) is 3. The molecule has 0 fully saturated rings. The Balaban J connectivity index is 1.44. The number of aryl methyl sites for hydroxylation is 1. The summed E-state index contributed by atoms with van der Waals surface area (Å²) >= 11 is 0. The molecule has 4 rings (SSSR count). The van der Waals surface area contributed by atoms with Crippen molar-refractivity contribution in [1.82, 2.24) is 4.57 Å². The molecule has 1 aromatic heterocycles. The second-order valence-corrected chi connectivity index (χ2v) is 8.09. The first-order valence-corrected chi connectivity index (χ1v) is 11.1. The molecule has 0 spiro atoms. The van der Waals surface area contributed by atoms with Gasteiger partial charge >= 0.3 is 6.36 Å². The molecule has 0 unspecified atom stereocenters. The minimum atomic E-state index is -4.76. The van der Waals surface area contributed by atoms with Gasteiger partial charge in [-0.1, -0.05) is 48.5 Å². The van der Waals surface area contributed by atoms with E-state index in [1.165, 1.54) is 34.4 Å². The lowest BCUT2D eigenvalue weighted by molar-refractivity contribution is -0.274. The monoisotopic (exact) mass is 480 g/mol. The highest BCUT2D eigenvalue weighted by Crippen LogP contribution is 2.24. The fourth-order valence-electron chi connectivity index (χ4n) is 3.86. The predicted molar refractivity (Wildman–Crippen MR) is 128 cm³/mol. The largest absolute Gasteiger partial charge is 0.573 e. The summed E-state index contributed by atoms with van der Waals surface area (Å²) in [6.07, 6.45) is -1.28. The van der Waals surface area contributed by atoms with Crippen molar-refractivity contribution in [3.05, 3.63) is 107 Å². The van der Waals surface area contributed by atoms with Crippen LogP contribution in [0.2, 0.25) is 0 Å². The molecule has 4 aromatic rings. The van der Waals surface area contributed by atoms with Gasteiger partial charge < -0.3 is 14.6 Å². The first-order chi connectivity index (χ1) is 16.8. The van der Waals surface area contributed by atoms with Gasteiger partial charge in [0.25, 0.3) is 5.56 Å². The highest BCUT2D eigenvalue weighted by molar-refractivity contribution is 6.01. The minimum Gasteiger partial charge on any atom is -0.406 e. The van der Waals surface area contributed by atoms with Crippen LogP contribution in [0, 0.1) is 0 Å². The summed E-state index contributed by atoms with van der Waals surface area (Å²) in [5, 5.41) is 3.96. The van der Waals surface area contributed by atoms with Crippen LogP contribution in [0.4, 0.5) is 18.9 Å². The van der Waals surface area contributed by atoms with Crippen LogP contribution in [0.3, 0.4) is 0 Å². The van der Waals surface area contributed by atoms with Gasteiger partial charge in [-0.3, -0.25) is 9.59 Å². The third kappa shape index (κ3) is 6.50. The summed E-state index contributed by atoms with van der Waals surface area (Å²) in [5.74, 6) is -0.449. The predicted octanol–water partition coefficient (Wildman–Crippen LogP) is 5.91. The number of benzene rings is 3. The van der Waals surface area contributed by atoms with E-state index in [9.17, 15) is 22.8 Å². The molecule has 8 heteroatoms. The Labute approximate surface area is 199 Å². The molecule has 3 aromatic carbocycles. The Hall–Kier alpha value is -4.07. The highest BCUT2D eigenvalue weighted by Gasteiger charge is 2.30. The van der Waals surface area contributed by atoms with E-state index >= 15 is 0 Å². The van der Waals surface area contributed by atoms with Crippen molar-refractivity contribution >= 4 is 22.4 Å². The van der Waals surface area contributed by atoms with Crippen LogP contribution in [0.15, 0.2) is 89.9 Å². The second-order valence-electron chi connectivity index (χ2n) is 8.09. The van der Waals surface area contributed by atoms with Crippen molar-refractivity contribution in [2.24, 2.45) is 0 Å². The molecule has 1 heterocycles. The van der Waals surface area contributed by atoms with E-state index in [2.05, 4.69) is 10.1 Å². The van der Waals surface area contributed by atoms with Crippen molar-refractivity contribution in [3.8, 4) is 5.75 Å². The van der Waals surface area contributed by atoms with Crippen molar-refractivity contribution in [1.29, 1.82) is 0 Å². The van der Waals surface area contributed by atoms with Crippen LogP contribution in [-0.2, 0) is 17.8 Å². The number of carbonyl (C=O) groups is 1. The van der Waals surface area contributed by atoms with Crippen molar-refractivity contribution < 1.29 is 22.7 Å². The van der Waals surface area contributed by atoms with Gasteiger partial charge in [-0.25, -0.2) is 0 Å². The maximum absolute atomic E-state index is 13.0. The zero-order valence-electron chi connectivity index (χ0n) is 18.7. The van der Waals surface area contributed by atoms with Gasteiger partial charge in [-0.2, -0.15) is 0 Å². The number of nitrogens with zero attached hydrogens (tertiary/aromatic N) is 1. The molecule has 0 radical (unpaired) electrons. The number of aromatic nitrogens is 1. The van der Waals surface area contributed by atoms with Gasteiger partial charge in [0.2, 0.25) is 5.91 Å². The van der Waals surface area contributed by atoms with Crippen LogP contribution in [0.5, 0.6) is 5.75 Å². The third-order valence-electron chi connectivity index (χ3n) is 5.51. The van der Waals surface area contributed by atoms with Crippen LogP contribution in [0.1, 0.15) is 24.0 Å². The zero-order chi connectivity index (χ0) is 24.8. The standard InChI is InChI=1S/C27H23F3N2O3/c28-27(29,30)35-21-14-12-20(13-15-21)18-32-17-16-22-23(26(32)34)9-5-10-24(22)31-25(33)11-4-8-19-6-2-1-3-7-19/h1-3,5-7,9-10,12-17H,4,8,11,18H2,(H,31,33). The number of carbonyl (C=O) groups excluding carboxylic acids is 1. The topological polar surface area (TPSA) is 60.3 Å². The van der Waals surface area contributed by atoms with Crippen LogP contribution in [-0.4, -0.2) is 16.8 Å². The van der Waals surface area contributed by atoms with E-state index < -0.39 is 6.36 Å². The third-order valence-corrected chi connectivity index (χ3v) is 5.51. The number of fused-ring (bicyclic) bond motifs is 1. The lowest BCUT2D eigenvalue weighted by Crippen LogP contribution is -2.21. The summed E-state index contributed by atoms with van der Waals surface area (Å²) in [4.78, 5) is 25.5. The number of nitrogens with one attached hydrogen (secondary N) is 1. The smallest absolute Gasteiger partial charge is 0.406 e. The molecule has 1 amide bonds. The Kier molecular flexibility index (Phi) is 7.19. The molecule has 0 saturated carbocycles. The van der Waals surface area contributed by atoms with E-state index in [1.807, 2.05) is 30.3 Å². The van der Waals surface area contributed by atoms with Crippen LogP contribution < -0.4 is 15.6 Å². The lowest BCUT2D eigenvalue weighted by Gasteiger charge is -2.12. The van der Waals surface area contributed by atoms with Gasteiger partial charge in [0.05, 0.1) is 6.54 Å². The highest BCUT2D eigenvalue weighted by atomic mass is 19.4. The molecule has 0 saturated heterocycles. The molecule has 5 nitrogen and oxygen atoms in total. The minimum absolute atomic E-state index is 0.126. The fourth-order valence-corrected chi connectivity index (χ4v) is 3.86. The number of halogens is 3. The number of hydrogen-bond donors (Lipinski definition) is 1. The molecular formula is C27H23F3N2O3. The van der Waals surface area contributed by atoms with Crippen molar-refractivity contribution in [3.63, 3.8) is 0 Å². The first kappa shape index (κ1) is 24.1. The van der Waals surface area contributed by atoms with Gasteiger partial charge in [0.15, 0.2) is 0 Å². The van der Waals surface area contributed by atoms with E-state index in [4.69, 9.17) is 0 Å².